The summed E-state index contributed by atoms with van der Waals surface area (Å²) < 4.78 is 10.3. The van der Waals surface area contributed by atoms with Gasteiger partial charge in [-0.15, -0.1) is 0 Å². The molecule has 0 unspecified atom stereocenters. The summed E-state index contributed by atoms with van der Waals surface area (Å²) in [6.45, 7) is 4.41. The van der Waals surface area contributed by atoms with Crippen LogP contribution in [0.1, 0.15) is 46.5 Å². The van der Waals surface area contributed by atoms with Gasteiger partial charge in [0.25, 0.3) is 5.91 Å². The molecular formula is C14H16N2O3. The van der Waals surface area contributed by atoms with Crippen LogP contribution in [0.4, 0.5) is 0 Å². The van der Waals surface area contributed by atoms with Crippen molar-refractivity contribution >= 4 is 5.91 Å². The molecule has 5 heteroatoms. The van der Waals surface area contributed by atoms with Gasteiger partial charge in [0.15, 0.2) is 0 Å². The number of hydrogen-bond donors (Lipinski definition) is 0. The Labute approximate surface area is 111 Å². The quantitative estimate of drug-likeness (QED) is 0.833. The molecule has 0 spiro atoms. The molecule has 0 bridgehead atoms. The Bertz CT molecular complexity index is 599. The summed E-state index contributed by atoms with van der Waals surface area (Å²) in [6.07, 6.45) is 3.46. The van der Waals surface area contributed by atoms with E-state index >= 15 is 0 Å². The van der Waals surface area contributed by atoms with Gasteiger partial charge in [-0.1, -0.05) is 5.16 Å². The molecule has 2 aromatic heterocycles. The summed E-state index contributed by atoms with van der Waals surface area (Å²) >= 11 is 0. The van der Waals surface area contributed by atoms with Crippen LogP contribution in [0.25, 0.3) is 0 Å². The fraction of sp³-hybridized carbons (Fsp3) is 0.429. The second kappa shape index (κ2) is 4.57. The number of nitrogens with zero attached hydrogens (tertiary/aromatic N) is 2. The molecule has 1 amide bonds. The predicted octanol–water partition coefficient (Wildman–Crippen LogP) is 2.86. The van der Waals surface area contributed by atoms with Gasteiger partial charge in [-0.2, -0.15) is 0 Å². The number of hydrogen-bond acceptors (Lipinski definition) is 4. The highest BCUT2D eigenvalue weighted by Gasteiger charge is 2.33. The molecule has 3 rings (SSSR count). The van der Waals surface area contributed by atoms with E-state index in [1.54, 1.807) is 19.3 Å². The zero-order valence-corrected chi connectivity index (χ0v) is 11.0. The lowest BCUT2D eigenvalue weighted by Crippen LogP contribution is -2.30. The van der Waals surface area contributed by atoms with Crippen molar-refractivity contribution in [1.82, 2.24) is 10.1 Å². The molecule has 1 aliphatic heterocycles. The summed E-state index contributed by atoms with van der Waals surface area (Å²) in [5.41, 5.74) is 1.47. The number of rotatable bonds is 2. The summed E-state index contributed by atoms with van der Waals surface area (Å²) in [6, 6.07) is 3.64. The zero-order valence-electron chi connectivity index (χ0n) is 11.0. The van der Waals surface area contributed by atoms with Crippen molar-refractivity contribution in [2.45, 2.75) is 32.7 Å². The third-order valence-corrected chi connectivity index (χ3v) is 3.59. The molecule has 0 N–H and O–H groups in total. The summed E-state index contributed by atoms with van der Waals surface area (Å²) in [4.78, 5) is 14.4. The Morgan fingerprint density at radius 2 is 2.32 bits per heavy atom. The number of carbonyl (C=O) groups is 1. The number of likely N-dealkylation sites (tertiary alicyclic amines) is 1. The molecule has 3 heterocycles. The number of furan rings is 1. The van der Waals surface area contributed by atoms with E-state index in [-0.39, 0.29) is 11.9 Å². The highest BCUT2D eigenvalue weighted by Crippen LogP contribution is 2.33. The van der Waals surface area contributed by atoms with Crippen molar-refractivity contribution in [3.8, 4) is 0 Å². The van der Waals surface area contributed by atoms with E-state index in [4.69, 9.17) is 8.94 Å². The monoisotopic (exact) mass is 260 g/mol. The highest BCUT2D eigenvalue weighted by molar-refractivity contribution is 5.95. The van der Waals surface area contributed by atoms with E-state index in [0.717, 1.165) is 30.8 Å². The van der Waals surface area contributed by atoms with Crippen molar-refractivity contribution in [3.63, 3.8) is 0 Å². The molecule has 2 aromatic rings. The minimum absolute atomic E-state index is 0.00871. The van der Waals surface area contributed by atoms with Gasteiger partial charge in [0.05, 0.1) is 17.9 Å². The lowest BCUT2D eigenvalue weighted by atomic mass is 10.1. The Morgan fingerprint density at radius 3 is 2.95 bits per heavy atom. The lowest BCUT2D eigenvalue weighted by molar-refractivity contribution is 0.0729. The van der Waals surface area contributed by atoms with E-state index in [2.05, 4.69) is 5.16 Å². The maximum Gasteiger partial charge on any atom is 0.257 e. The average molecular weight is 260 g/mol. The summed E-state index contributed by atoms with van der Waals surface area (Å²) in [5.74, 6) is 1.44. The van der Waals surface area contributed by atoms with E-state index in [9.17, 15) is 4.79 Å². The molecule has 0 aromatic carbocycles. The maximum absolute atomic E-state index is 12.5. The van der Waals surface area contributed by atoms with Gasteiger partial charge in [-0.25, -0.2) is 0 Å². The average Bonchev–Trinajstić information content (AvgIpc) is 3.07. The number of carbonyl (C=O) groups excluding carboxylic acids is 1. The molecule has 0 radical (unpaired) electrons. The van der Waals surface area contributed by atoms with Gasteiger partial charge in [-0.05, 0) is 32.8 Å². The molecule has 1 fully saturated rings. The molecule has 19 heavy (non-hydrogen) atoms. The number of aromatic nitrogens is 1. The predicted molar refractivity (Wildman–Crippen MR) is 67.7 cm³/mol. The minimum atomic E-state index is 0.00871. The summed E-state index contributed by atoms with van der Waals surface area (Å²) in [7, 11) is 0. The Balaban J connectivity index is 1.88. The van der Waals surface area contributed by atoms with E-state index in [1.165, 1.54) is 0 Å². The largest absolute Gasteiger partial charge is 0.469 e. The number of aryl methyl sites for hydroxylation is 2. The van der Waals surface area contributed by atoms with Gasteiger partial charge in [0.2, 0.25) is 0 Å². The van der Waals surface area contributed by atoms with Gasteiger partial charge >= 0.3 is 0 Å². The second-order valence-electron chi connectivity index (χ2n) is 4.91. The highest BCUT2D eigenvalue weighted by atomic mass is 16.5. The van der Waals surface area contributed by atoms with Crippen LogP contribution in [-0.2, 0) is 0 Å². The molecule has 0 aliphatic carbocycles. The van der Waals surface area contributed by atoms with Crippen molar-refractivity contribution in [1.29, 1.82) is 0 Å². The van der Waals surface area contributed by atoms with Crippen molar-refractivity contribution < 1.29 is 13.7 Å². The van der Waals surface area contributed by atoms with E-state index in [0.29, 0.717) is 11.3 Å². The molecule has 5 nitrogen and oxygen atoms in total. The fourth-order valence-electron chi connectivity index (χ4n) is 2.62. The van der Waals surface area contributed by atoms with Crippen LogP contribution < -0.4 is 0 Å². The molecular weight excluding hydrogens is 244 g/mol. The van der Waals surface area contributed by atoms with Crippen LogP contribution in [0, 0.1) is 13.8 Å². The van der Waals surface area contributed by atoms with Crippen LogP contribution in [0.3, 0.4) is 0 Å². The lowest BCUT2D eigenvalue weighted by Gasteiger charge is -2.22. The van der Waals surface area contributed by atoms with Gasteiger partial charge in [-0.3, -0.25) is 4.79 Å². The fourth-order valence-corrected chi connectivity index (χ4v) is 2.62. The van der Waals surface area contributed by atoms with Gasteiger partial charge in [0.1, 0.15) is 17.2 Å². The first-order chi connectivity index (χ1) is 9.16. The van der Waals surface area contributed by atoms with Crippen molar-refractivity contribution in [2.75, 3.05) is 6.54 Å². The van der Waals surface area contributed by atoms with Crippen LogP contribution >= 0.6 is 0 Å². The van der Waals surface area contributed by atoms with E-state index < -0.39 is 0 Å². The van der Waals surface area contributed by atoms with Crippen molar-refractivity contribution in [3.05, 3.63) is 41.2 Å². The Morgan fingerprint density at radius 1 is 1.47 bits per heavy atom. The normalized spacial score (nSPS) is 19.1. The first-order valence-electron chi connectivity index (χ1n) is 6.45. The van der Waals surface area contributed by atoms with E-state index in [1.807, 2.05) is 17.9 Å². The standard InChI is InChI=1S/C14H16N2O3/c1-9-8-12(15-19-9)13-4-3-6-16(13)14(17)11-5-7-18-10(11)2/h5,7-8,13H,3-4,6H2,1-2H3/t13-/m0/s1. The summed E-state index contributed by atoms with van der Waals surface area (Å²) in [5, 5.41) is 4.04. The van der Waals surface area contributed by atoms with Crippen molar-refractivity contribution in [2.24, 2.45) is 0 Å². The Hall–Kier alpha value is -2.04. The third kappa shape index (κ3) is 2.05. The third-order valence-electron chi connectivity index (χ3n) is 3.59. The zero-order chi connectivity index (χ0) is 13.4. The first kappa shape index (κ1) is 12.0. The topological polar surface area (TPSA) is 59.5 Å². The molecule has 100 valence electrons. The van der Waals surface area contributed by atoms with Crippen LogP contribution in [0.5, 0.6) is 0 Å². The second-order valence-corrected chi connectivity index (χ2v) is 4.91. The van der Waals surface area contributed by atoms with Gasteiger partial charge in [0, 0.05) is 12.6 Å². The SMILES string of the molecule is Cc1cc([C@@H]2CCCN2C(=O)c2ccoc2C)no1. The maximum atomic E-state index is 12.5. The van der Waals surface area contributed by atoms with Crippen LogP contribution in [-0.4, -0.2) is 22.5 Å². The molecule has 0 saturated carbocycles. The molecule has 1 atom stereocenters. The smallest absolute Gasteiger partial charge is 0.257 e. The molecule has 1 saturated heterocycles. The first-order valence-corrected chi connectivity index (χ1v) is 6.45. The van der Waals surface area contributed by atoms with Crippen LogP contribution in [0.2, 0.25) is 0 Å². The van der Waals surface area contributed by atoms with Gasteiger partial charge < -0.3 is 13.8 Å². The Kier molecular flexibility index (Phi) is 2.89. The molecule has 1 aliphatic rings. The minimum Gasteiger partial charge on any atom is -0.469 e. The van der Waals surface area contributed by atoms with Crippen LogP contribution in [0.15, 0.2) is 27.3 Å². The number of amides is 1.